The highest BCUT2D eigenvalue weighted by Gasteiger charge is 2.07. The molecule has 2 N–H and O–H groups in total. The van der Waals surface area contributed by atoms with E-state index in [-0.39, 0.29) is 6.04 Å². The van der Waals surface area contributed by atoms with Gasteiger partial charge in [-0.3, -0.25) is 0 Å². The predicted octanol–water partition coefficient (Wildman–Crippen LogP) is 3.52. The van der Waals surface area contributed by atoms with E-state index in [1.165, 1.54) is 0 Å². The number of hydrogen-bond donors (Lipinski definition) is 2. The third kappa shape index (κ3) is 5.37. The lowest BCUT2D eigenvalue weighted by Gasteiger charge is -2.18. The lowest BCUT2D eigenvalue weighted by Crippen LogP contribution is -2.38. The molecule has 1 aromatic rings. The topological polar surface area (TPSA) is 24.1 Å². The molecule has 1 rings (SSSR count). The summed E-state index contributed by atoms with van der Waals surface area (Å²) in [6, 6.07) is 7.95. The van der Waals surface area contributed by atoms with Crippen LogP contribution in [0, 0.1) is 5.92 Å². The molecule has 4 heteroatoms. The average molecular weight is 271 g/mol. The van der Waals surface area contributed by atoms with Crippen LogP contribution in [0.15, 0.2) is 24.3 Å². The molecule has 17 heavy (non-hydrogen) atoms. The zero-order valence-corrected chi connectivity index (χ0v) is 12.0. The number of hydrogen-bond acceptors (Lipinski definition) is 1. The summed E-state index contributed by atoms with van der Waals surface area (Å²) in [5.74, 6) is 0.580. The predicted molar refractivity (Wildman–Crippen MR) is 78.4 cm³/mol. The second-order valence-electron chi connectivity index (χ2n) is 4.52. The molecule has 0 amide bonds. The van der Waals surface area contributed by atoms with Crippen molar-refractivity contribution in [2.75, 3.05) is 6.54 Å². The van der Waals surface area contributed by atoms with Crippen molar-refractivity contribution in [2.24, 2.45) is 5.92 Å². The molecule has 1 unspecified atom stereocenters. The molecular weight excluding hydrogens is 252 g/mol. The molecule has 1 aromatic carbocycles. The highest BCUT2D eigenvalue weighted by molar-refractivity contribution is 7.80. The van der Waals surface area contributed by atoms with E-state index in [4.69, 9.17) is 23.8 Å². The SMILES string of the molecule is CC(C)CNC(=S)NC(C)c1cccc(Cl)c1. The van der Waals surface area contributed by atoms with Crippen molar-refractivity contribution in [3.05, 3.63) is 34.9 Å². The monoisotopic (exact) mass is 270 g/mol. The Bertz CT molecular complexity index is 379. The highest BCUT2D eigenvalue weighted by Crippen LogP contribution is 2.17. The smallest absolute Gasteiger partial charge is 0.166 e. The van der Waals surface area contributed by atoms with Gasteiger partial charge >= 0.3 is 0 Å². The summed E-state index contributed by atoms with van der Waals surface area (Å²) in [5.41, 5.74) is 1.13. The van der Waals surface area contributed by atoms with Crippen molar-refractivity contribution in [2.45, 2.75) is 26.8 Å². The summed E-state index contributed by atoms with van der Waals surface area (Å²) < 4.78 is 0. The Morgan fingerprint density at radius 2 is 2.06 bits per heavy atom. The molecular formula is C13H19ClN2S. The second kappa shape index (κ2) is 6.82. The van der Waals surface area contributed by atoms with E-state index in [2.05, 4.69) is 31.4 Å². The van der Waals surface area contributed by atoms with Gasteiger partial charge in [0.1, 0.15) is 0 Å². The third-order valence-corrected chi connectivity index (χ3v) is 2.86. The molecule has 2 nitrogen and oxygen atoms in total. The number of benzene rings is 1. The standard InChI is InChI=1S/C13H19ClN2S/c1-9(2)8-15-13(17)16-10(3)11-5-4-6-12(14)7-11/h4-7,9-10H,8H2,1-3H3,(H2,15,16,17). The first-order valence-electron chi connectivity index (χ1n) is 5.79. The Morgan fingerprint density at radius 1 is 1.35 bits per heavy atom. The van der Waals surface area contributed by atoms with Gasteiger partial charge in [-0.15, -0.1) is 0 Å². The fraction of sp³-hybridized carbons (Fsp3) is 0.462. The molecule has 1 atom stereocenters. The lowest BCUT2D eigenvalue weighted by molar-refractivity contribution is 0.609. The fourth-order valence-corrected chi connectivity index (χ4v) is 1.86. The minimum absolute atomic E-state index is 0.154. The van der Waals surface area contributed by atoms with E-state index in [1.807, 2.05) is 24.3 Å². The molecule has 0 aromatic heterocycles. The van der Waals surface area contributed by atoms with Crippen LogP contribution in [-0.4, -0.2) is 11.7 Å². The van der Waals surface area contributed by atoms with E-state index in [9.17, 15) is 0 Å². The zero-order valence-electron chi connectivity index (χ0n) is 10.5. The number of thiocarbonyl (C=S) groups is 1. The first-order chi connectivity index (χ1) is 7.99. The molecule has 0 saturated heterocycles. The number of nitrogens with one attached hydrogen (secondary N) is 2. The second-order valence-corrected chi connectivity index (χ2v) is 5.37. The molecule has 0 bridgehead atoms. The van der Waals surface area contributed by atoms with Gasteiger partial charge in [-0.05, 0) is 42.8 Å². The van der Waals surface area contributed by atoms with Crippen LogP contribution in [0.5, 0.6) is 0 Å². The molecule has 0 aliphatic rings. The van der Waals surface area contributed by atoms with Crippen LogP contribution < -0.4 is 10.6 Å². The van der Waals surface area contributed by atoms with Gasteiger partial charge < -0.3 is 10.6 Å². The minimum atomic E-state index is 0.154. The van der Waals surface area contributed by atoms with Crippen LogP contribution in [0.25, 0.3) is 0 Å². The molecule has 0 spiro atoms. The van der Waals surface area contributed by atoms with Crippen LogP contribution in [0.3, 0.4) is 0 Å². The van der Waals surface area contributed by atoms with Crippen molar-refractivity contribution in [3.8, 4) is 0 Å². The van der Waals surface area contributed by atoms with E-state index in [0.29, 0.717) is 11.0 Å². The Hall–Kier alpha value is -0.800. The van der Waals surface area contributed by atoms with Gasteiger partial charge in [-0.25, -0.2) is 0 Å². The molecule has 94 valence electrons. The molecule has 0 radical (unpaired) electrons. The van der Waals surface area contributed by atoms with Crippen LogP contribution in [0.1, 0.15) is 32.4 Å². The van der Waals surface area contributed by atoms with Crippen LogP contribution in [-0.2, 0) is 0 Å². The summed E-state index contributed by atoms with van der Waals surface area (Å²) in [7, 11) is 0. The molecule has 0 fully saturated rings. The van der Waals surface area contributed by atoms with E-state index in [0.717, 1.165) is 17.1 Å². The van der Waals surface area contributed by atoms with Gasteiger partial charge in [0.2, 0.25) is 0 Å². The maximum absolute atomic E-state index is 5.95. The van der Waals surface area contributed by atoms with Crippen molar-refractivity contribution >= 4 is 28.9 Å². The van der Waals surface area contributed by atoms with E-state index in [1.54, 1.807) is 0 Å². The summed E-state index contributed by atoms with van der Waals surface area (Å²) >= 11 is 11.2. The first-order valence-corrected chi connectivity index (χ1v) is 6.57. The van der Waals surface area contributed by atoms with Gasteiger partial charge in [0.25, 0.3) is 0 Å². The van der Waals surface area contributed by atoms with Crippen molar-refractivity contribution in [1.82, 2.24) is 10.6 Å². The van der Waals surface area contributed by atoms with Crippen LogP contribution >= 0.6 is 23.8 Å². The number of halogens is 1. The van der Waals surface area contributed by atoms with Gasteiger partial charge in [0, 0.05) is 11.6 Å². The summed E-state index contributed by atoms with van der Waals surface area (Å²) in [6.45, 7) is 7.25. The minimum Gasteiger partial charge on any atom is -0.362 e. The van der Waals surface area contributed by atoms with Gasteiger partial charge in [0.15, 0.2) is 5.11 Å². The van der Waals surface area contributed by atoms with Crippen LogP contribution in [0.4, 0.5) is 0 Å². The largest absolute Gasteiger partial charge is 0.362 e. The van der Waals surface area contributed by atoms with Crippen molar-refractivity contribution in [3.63, 3.8) is 0 Å². The van der Waals surface area contributed by atoms with Crippen molar-refractivity contribution < 1.29 is 0 Å². The van der Waals surface area contributed by atoms with E-state index < -0.39 is 0 Å². The third-order valence-electron chi connectivity index (χ3n) is 2.37. The normalized spacial score (nSPS) is 12.3. The molecule has 0 aliphatic heterocycles. The Morgan fingerprint density at radius 3 is 2.65 bits per heavy atom. The summed E-state index contributed by atoms with van der Waals surface area (Å²) in [6.07, 6.45) is 0. The Labute approximate surface area is 114 Å². The van der Waals surface area contributed by atoms with Gasteiger partial charge in [-0.2, -0.15) is 0 Å². The maximum Gasteiger partial charge on any atom is 0.166 e. The first kappa shape index (κ1) is 14.3. The lowest BCUT2D eigenvalue weighted by atomic mass is 10.1. The summed E-state index contributed by atoms with van der Waals surface area (Å²) in [5, 5.41) is 7.86. The zero-order chi connectivity index (χ0) is 12.8. The van der Waals surface area contributed by atoms with Gasteiger partial charge in [-0.1, -0.05) is 37.6 Å². The Kier molecular flexibility index (Phi) is 5.72. The molecule has 0 heterocycles. The quantitative estimate of drug-likeness (QED) is 0.819. The fourth-order valence-electron chi connectivity index (χ4n) is 1.40. The molecule has 0 aliphatic carbocycles. The maximum atomic E-state index is 5.95. The van der Waals surface area contributed by atoms with E-state index >= 15 is 0 Å². The summed E-state index contributed by atoms with van der Waals surface area (Å²) in [4.78, 5) is 0. The Balaban J connectivity index is 2.48. The van der Waals surface area contributed by atoms with Crippen LogP contribution in [0.2, 0.25) is 5.02 Å². The highest BCUT2D eigenvalue weighted by atomic mass is 35.5. The van der Waals surface area contributed by atoms with Crippen molar-refractivity contribution in [1.29, 1.82) is 0 Å². The van der Waals surface area contributed by atoms with Gasteiger partial charge in [0.05, 0.1) is 6.04 Å². The number of rotatable bonds is 4. The molecule has 0 saturated carbocycles. The average Bonchev–Trinajstić information content (AvgIpc) is 2.26.